The van der Waals surface area contributed by atoms with Crippen molar-refractivity contribution in [3.8, 4) is 5.75 Å². The number of nitrogens with two attached hydrogens (primary N) is 1. The molecule has 0 aliphatic heterocycles. The summed E-state index contributed by atoms with van der Waals surface area (Å²) >= 11 is 1.90. The number of hydrogen-bond acceptors (Lipinski definition) is 3. The zero-order valence-electron chi connectivity index (χ0n) is 11.9. The Morgan fingerprint density at radius 1 is 1.32 bits per heavy atom. The molecule has 0 fully saturated rings. The van der Waals surface area contributed by atoms with E-state index in [4.69, 9.17) is 10.5 Å². The SMILES string of the molecule is COc1ccc(CSC(C)(C)CCCC(N)=O)cc1. The van der Waals surface area contributed by atoms with Gasteiger partial charge in [-0.15, -0.1) is 0 Å². The number of ether oxygens (including phenoxy) is 1. The van der Waals surface area contributed by atoms with Gasteiger partial charge in [-0.2, -0.15) is 11.8 Å². The Labute approximate surface area is 119 Å². The third kappa shape index (κ3) is 6.53. The van der Waals surface area contributed by atoms with Gasteiger partial charge in [0.25, 0.3) is 0 Å². The van der Waals surface area contributed by atoms with Crippen LogP contribution in [0, 0.1) is 0 Å². The van der Waals surface area contributed by atoms with Crippen molar-refractivity contribution in [2.24, 2.45) is 5.73 Å². The predicted octanol–water partition coefficient (Wildman–Crippen LogP) is 3.36. The molecule has 0 radical (unpaired) electrons. The number of primary amides is 1. The van der Waals surface area contributed by atoms with Gasteiger partial charge in [0.2, 0.25) is 5.91 Å². The van der Waals surface area contributed by atoms with Crippen LogP contribution in [0.1, 0.15) is 38.7 Å². The van der Waals surface area contributed by atoms with Crippen LogP contribution in [0.3, 0.4) is 0 Å². The number of amides is 1. The summed E-state index contributed by atoms with van der Waals surface area (Å²) in [5.41, 5.74) is 6.44. The van der Waals surface area contributed by atoms with E-state index in [2.05, 4.69) is 26.0 Å². The van der Waals surface area contributed by atoms with Gasteiger partial charge in [0, 0.05) is 16.9 Å². The molecule has 2 N–H and O–H groups in total. The highest BCUT2D eigenvalue weighted by Crippen LogP contribution is 2.32. The number of hydrogen-bond donors (Lipinski definition) is 1. The first kappa shape index (κ1) is 15.9. The number of rotatable bonds is 8. The van der Waals surface area contributed by atoms with Gasteiger partial charge in [0.05, 0.1) is 7.11 Å². The van der Waals surface area contributed by atoms with Crippen LogP contribution < -0.4 is 10.5 Å². The molecule has 0 aromatic heterocycles. The number of benzene rings is 1. The average Bonchev–Trinajstić information content (AvgIpc) is 2.36. The van der Waals surface area contributed by atoms with E-state index < -0.39 is 0 Å². The van der Waals surface area contributed by atoms with Gasteiger partial charge in [-0.05, 0) is 30.5 Å². The molecule has 1 amide bonds. The van der Waals surface area contributed by atoms with Gasteiger partial charge in [0.1, 0.15) is 5.75 Å². The van der Waals surface area contributed by atoms with Crippen molar-refractivity contribution >= 4 is 17.7 Å². The standard InChI is InChI=1S/C15H23NO2S/c1-15(2,10-4-5-14(16)17)19-11-12-6-8-13(18-3)9-7-12/h6-9H,4-5,10-11H2,1-3H3,(H2,16,17). The van der Waals surface area contributed by atoms with Gasteiger partial charge in [0.15, 0.2) is 0 Å². The third-order valence-corrected chi connectivity index (χ3v) is 4.45. The van der Waals surface area contributed by atoms with Crippen molar-refractivity contribution in [2.45, 2.75) is 43.6 Å². The summed E-state index contributed by atoms with van der Waals surface area (Å²) in [6, 6.07) is 8.14. The van der Waals surface area contributed by atoms with Crippen LogP contribution in [0.25, 0.3) is 0 Å². The Morgan fingerprint density at radius 2 is 1.95 bits per heavy atom. The van der Waals surface area contributed by atoms with Crippen molar-refractivity contribution in [1.82, 2.24) is 0 Å². The molecule has 0 unspecified atom stereocenters. The second-order valence-electron chi connectivity index (χ2n) is 5.22. The number of methoxy groups -OCH3 is 1. The zero-order valence-corrected chi connectivity index (χ0v) is 12.8. The number of carbonyl (C=O) groups excluding carboxylic acids is 1. The van der Waals surface area contributed by atoms with Crippen molar-refractivity contribution in [1.29, 1.82) is 0 Å². The summed E-state index contributed by atoms with van der Waals surface area (Å²) in [7, 11) is 1.67. The van der Waals surface area contributed by atoms with Crippen LogP contribution in [0.15, 0.2) is 24.3 Å². The summed E-state index contributed by atoms with van der Waals surface area (Å²) < 4.78 is 5.30. The first-order valence-corrected chi connectivity index (χ1v) is 7.47. The molecule has 0 aliphatic rings. The molecule has 3 nitrogen and oxygen atoms in total. The molecule has 19 heavy (non-hydrogen) atoms. The van der Waals surface area contributed by atoms with Gasteiger partial charge >= 0.3 is 0 Å². The van der Waals surface area contributed by atoms with Gasteiger partial charge in [-0.3, -0.25) is 4.79 Å². The molecular formula is C15H23NO2S. The Bertz CT molecular complexity index is 401. The highest BCUT2D eigenvalue weighted by molar-refractivity contribution is 7.99. The van der Waals surface area contributed by atoms with Crippen molar-refractivity contribution in [2.75, 3.05) is 7.11 Å². The van der Waals surface area contributed by atoms with Gasteiger partial charge in [-0.1, -0.05) is 26.0 Å². The molecular weight excluding hydrogens is 258 g/mol. The molecule has 1 rings (SSSR count). The molecule has 106 valence electrons. The molecule has 0 saturated carbocycles. The van der Waals surface area contributed by atoms with E-state index in [1.807, 2.05) is 23.9 Å². The van der Waals surface area contributed by atoms with E-state index in [1.165, 1.54) is 5.56 Å². The number of carbonyl (C=O) groups is 1. The lowest BCUT2D eigenvalue weighted by molar-refractivity contribution is -0.118. The van der Waals surface area contributed by atoms with Crippen LogP contribution in [-0.4, -0.2) is 17.8 Å². The van der Waals surface area contributed by atoms with E-state index in [0.717, 1.165) is 24.3 Å². The normalized spacial score (nSPS) is 11.3. The molecule has 0 bridgehead atoms. The van der Waals surface area contributed by atoms with Gasteiger partial charge < -0.3 is 10.5 Å². The molecule has 0 aliphatic carbocycles. The monoisotopic (exact) mass is 281 g/mol. The maximum Gasteiger partial charge on any atom is 0.217 e. The lowest BCUT2D eigenvalue weighted by Gasteiger charge is -2.23. The molecule has 4 heteroatoms. The highest BCUT2D eigenvalue weighted by atomic mass is 32.2. The Hall–Kier alpha value is -1.16. The van der Waals surface area contributed by atoms with Crippen LogP contribution >= 0.6 is 11.8 Å². The van der Waals surface area contributed by atoms with E-state index in [9.17, 15) is 4.79 Å². The summed E-state index contributed by atoms with van der Waals surface area (Å²) in [6.45, 7) is 4.42. The van der Waals surface area contributed by atoms with Crippen LogP contribution in [-0.2, 0) is 10.5 Å². The number of thioether (sulfide) groups is 1. The van der Waals surface area contributed by atoms with E-state index in [1.54, 1.807) is 7.11 Å². The summed E-state index contributed by atoms with van der Waals surface area (Å²) in [4.78, 5) is 10.7. The summed E-state index contributed by atoms with van der Waals surface area (Å²) in [5.74, 6) is 1.64. The molecule has 0 saturated heterocycles. The Morgan fingerprint density at radius 3 is 2.47 bits per heavy atom. The third-order valence-electron chi connectivity index (χ3n) is 2.99. The Balaban J connectivity index is 2.38. The fraction of sp³-hybridized carbons (Fsp3) is 0.533. The Kier molecular flexibility index (Phi) is 6.22. The largest absolute Gasteiger partial charge is 0.497 e. The lowest BCUT2D eigenvalue weighted by Crippen LogP contribution is -2.17. The maximum absolute atomic E-state index is 10.7. The topological polar surface area (TPSA) is 52.3 Å². The fourth-order valence-corrected chi connectivity index (χ4v) is 2.80. The second-order valence-corrected chi connectivity index (χ2v) is 6.90. The average molecular weight is 281 g/mol. The molecule has 0 heterocycles. The maximum atomic E-state index is 10.7. The van der Waals surface area contributed by atoms with Crippen molar-refractivity contribution < 1.29 is 9.53 Å². The molecule has 0 atom stereocenters. The molecule has 1 aromatic rings. The zero-order chi connectivity index (χ0) is 14.3. The minimum absolute atomic E-state index is 0.162. The minimum Gasteiger partial charge on any atom is -0.497 e. The first-order chi connectivity index (χ1) is 8.93. The first-order valence-electron chi connectivity index (χ1n) is 6.48. The van der Waals surface area contributed by atoms with Crippen LogP contribution in [0.4, 0.5) is 0 Å². The van der Waals surface area contributed by atoms with Crippen molar-refractivity contribution in [3.05, 3.63) is 29.8 Å². The lowest BCUT2D eigenvalue weighted by atomic mass is 10.1. The second kappa shape index (κ2) is 7.43. The van der Waals surface area contributed by atoms with Crippen LogP contribution in [0.5, 0.6) is 5.75 Å². The fourth-order valence-electron chi connectivity index (χ4n) is 1.76. The summed E-state index contributed by atoms with van der Waals surface area (Å²) in [6.07, 6.45) is 2.33. The highest BCUT2D eigenvalue weighted by Gasteiger charge is 2.18. The van der Waals surface area contributed by atoms with E-state index >= 15 is 0 Å². The minimum atomic E-state index is -0.212. The van der Waals surface area contributed by atoms with Crippen molar-refractivity contribution in [3.63, 3.8) is 0 Å². The van der Waals surface area contributed by atoms with Gasteiger partial charge in [-0.25, -0.2) is 0 Å². The molecule has 1 aromatic carbocycles. The smallest absolute Gasteiger partial charge is 0.217 e. The van der Waals surface area contributed by atoms with Crippen LogP contribution in [0.2, 0.25) is 0 Å². The van der Waals surface area contributed by atoms with E-state index in [0.29, 0.717) is 6.42 Å². The summed E-state index contributed by atoms with van der Waals surface area (Å²) in [5, 5.41) is 0. The quantitative estimate of drug-likeness (QED) is 0.795. The predicted molar refractivity (Wildman–Crippen MR) is 81.4 cm³/mol. The molecule has 0 spiro atoms. The van der Waals surface area contributed by atoms with E-state index in [-0.39, 0.29) is 10.7 Å².